The Kier molecular flexibility index (Phi) is 8.89. The molecular weight excluding hydrogens is 797 g/mol. The quantitative estimate of drug-likeness (QED) is 0.145. The normalized spacial score (nSPS) is 11.6. The third kappa shape index (κ3) is 6.34. The molecule has 0 fully saturated rings. The minimum Gasteiger partial charge on any atom is -0.311 e. The molecule has 0 radical (unpaired) electrons. The Morgan fingerprint density at radius 3 is 1.17 bits per heavy atom. The summed E-state index contributed by atoms with van der Waals surface area (Å²) < 4.78 is 2.39. The van der Waals surface area contributed by atoms with Crippen LogP contribution in [0.4, 0.5) is 17.1 Å². The minimum atomic E-state index is 1.09. The highest BCUT2D eigenvalue weighted by atomic mass is 15.1. The fourth-order valence-corrected chi connectivity index (χ4v) is 10.3. The van der Waals surface area contributed by atoms with Gasteiger partial charge in [-0.2, -0.15) is 0 Å². The number of nitrogens with zero attached hydrogens (tertiary/aromatic N) is 2. The second-order valence-corrected chi connectivity index (χ2v) is 17.3. The van der Waals surface area contributed by atoms with E-state index in [2.05, 4.69) is 264 Å². The molecule has 0 aliphatic rings. The summed E-state index contributed by atoms with van der Waals surface area (Å²) in [5.74, 6) is 0. The Labute approximate surface area is 383 Å². The highest BCUT2D eigenvalue weighted by Gasteiger charge is 2.17. The molecule has 0 aliphatic carbocycles. The maximum absolute atomic E-state index is 2.39. The Morgan fingerprint density at radius 2 is 0.621 bits per heavy atom. The number of hydrogen-bond acceptors (Lipinski definition) is 1. The van der Waals surface area contributed by atoms with Crippen LogP contribution < -0.4 is 4.90 Å². The van der Waals surface area contributed by atoms with Crippen molar-refractivity contribution in [3.8, 4) is 39.1 Å². The minimum absolute atomic E-state index is 1.09. The maximum atomic E-state index is 2.39. The molecule has 0 saturated heterocycles. The van der Waals surface area contributed by atoms with Crippen LogP contribution in [0, 0.1) is 0 Å². The highest BCUT2D eigenvalue weighted by Crippen LogP contribution is 2.41. The summed E-state index contributed by atoms with van der Waals surface area (Å²) in [5, 5.41) is 12.7. The van der Waals surface area contributed by atoms with Crippen molar-refractivity contribution in [1.82, 2.24) is 4.57 Å². The summed E-state index contributed by atoms with van der Waals surface area (Å²) in [5.41, 5.74) is 14.0. The average molecular weight is 839 g/mol. The summed E-state index contributed by atoms with van der Waals surface area (Å²) in [4.78, 5) is 2.37. The maximum Gasteiger partial charge on any atom is 0.0541 e. The van der Waals surface area contributed by atoms with Crippen molar-refractivity contribution in [2.75, 3.05) is 4.90 Å². The van der Waals surface area contributed by atoms with Gasteiger partial charge in [-0.15, -0.1) is 0 Å². The van der Waals surface area contributed by atoms with Crippen molar-refractivity contribution in [3.63, 3.8) is 0 Å². The molecule has 12 aromatic carbocycles. The van der Waals surface area contributed by atoms with E-state index < -0.39 is 0 Å². The molecule has 308 valence electrons. The van der Waals surface area contributed by atoms with E-state index in [0.29, 0.717) is 0 Å². The van der Waals surface area contributed by atoms with Gasteiger partial charge in [-0.05, 0) is 149 Å². The van der Waals surface area contributed by atoms with Crippen LogP contribution in [0.15, 0.2) is 255 Å². The molecule has 1 aromatic heterocycles. The first-order valence-corrected chi connectivity index (χ1v) is 22.7. The lowest BCUT2D eigenvalue weighted by atomic mass is 9.92. The first-order chi connectivity index (χ1) is 32.7. The molecule has 13 rings (SSSR count). The van der Waals surface area contributed by atoms with Crippen molar-refractivity contribution < 1.29 is 0 Å². The van der Waals surface area contributed by atoms with Gasteiger partial charge in [0.25, 0.3) is 0 Å². The van der Waals surface area contributed by atoms with Gasteiger partial charge < -0.3 is 9.47 Å². The van der Waals surface area contributed by atoms with Gasteiger partial charge in [0.1, 0.15) is 0 Å². The van der Waals surface area contributed by atoms with Gasteiger partial charge in [-0.3, -0.25) is 0 Å². The SMILES string of the molecule is c1cc(-c2ccc(N(c3ccc(-c4ccc5ccccc5c4)cc3)c3ccc(-c4ccc5c6ccccc6c6ccccc6c5c4)cc3)cc2)cc(-n2c3ccccc3c3ccccc32)c1. The molecule has 0 unspecified atom stereocenters. The molecule has 2 nitrogen and oxygen atoms in total. The van der Waals surface area contributed by atoms with E-state index in [0.717, 1.165) is 22.7 Å². The van der Waals surface area contributed by atoms with Crippen LogP contribution in [0.25, 0.3) is 104 Å². The largest absolute Gasteiger partial charge is 0.311 e. The fraction of sp³-hybridized carbons (Fsp3) is 0. The van der Waals surface area contributed by atoms with Gasteiger partial charge >= 0.3 is 0 Å². The topological polar surface area (TPSA) is 8.17 Å². The van der Waals surface area contributed by atoms with Crippen molar-refractivity contribution in [2.24, 2.45) is 0 Å². The number of benzene rings is 12. The number of rotatable bonds is 7. The monoisotopic (exact) mass is 838 g/mol. The second kappa shape index (κ2) is 15.5. The van der Waals surface area contributed by atoms with Gasteiger partial charge in [-0.1, -0.05) is 182 Å². The van der Waals surface area contributed by atoms with E-state index in [1.54, 1.807) is 0 Å². The Hall–Kier alpha value is -8.72. The molecule has 66 heavy (non-hydrogen) atoms. The summed E-state index contributed by atoms with van der Waals surface area (Å²) in [7, 11) is 0. The van der Waals surface area contributed by atoms with Crippen LogP contribution in [0.1, 0.15) is 0 Å². The Morgan fingerprint density at radius 1 is 0.227 bits per heavy atom. The van der Waals surface area contributed by atoms with Gasteiger partial charge in [0.2, 0.25) is 0 Å². The first-order valence-electron chi connectivity index (χ1n) is 22.7. The lowest BCUT2D eigenvalue weighted by Crippen LogP contribution is -2.09. The molecule has 0 saturated carbocycles. The number of aromatic nitrogens is 1. The fourth-order valence-electron chi connectivity index (χ4n) is 10.3. The van der Waals surface area contributed by atoms with Crippen molar-refractivity contribution in [2.45, 2.75) is 0 Å². The summed E-state index contributed by atoms with van der Waals surface area (Å²) in [6, 6.07) is 93.2. The van der Waals surface area contributed by atoms with Gasteiger partial charge in [0, 0.05) is 33.5 Å². The Balaban J connectivity index is 0.882. The molecular formula is C64H42N2. The van der Waals surface area contributed by atoms with Crippen LogP contribution in [0.5, 0.6) is 0 Å². The third-order valence-corrected chi connectivity index (χ3v) is 13.6. The standard InChI is InChI=1S/C64H42N2/c1-2-13-47-40-49(25-24-43(47)12-1)45-28-35-52(36-29-45)65(53-37-30-46(31-38-53)50-32-39-59-57-18-4-3-16-55(57)56-17-5-6-19-58(56)62(59)42-50)51-33-26-44(27-34-51)48-14-11-15-54(41-48)66-63-22-9-7-20-60(63)61-21-8-10-23-64(61)66/h1-42H. The molecule has 1 heterocycles. The van der Waals surface area contributed by atoms with Gasteiger partial charge in [0.15, 0.2) is 0 Å². The van der Waals surface area contributed by atoms with E-state index in [-0.39, 0.29) is 0 Å². The lowest BCUT2D eigenvalue weighted by molar-refractivity contribution is 1.18. The molecule has 0 N–H and O–H groups in total. The molecule has 0 bridgehead atoms. The average Bonchev–Trinajstić information content (AvgIpc) is 3.74. The number of hydrogen-bond donors (Lipinski definition) is 0. The van der Waals surface area contributed by atoms with Crippen molar-refractivity contribution in [3.05, 3.63) is 255 Å². The molecule has 0 amide bonds. The van der Waals surface area contributed by atoms with E-state index in [4.69, 9.17) is 0 Å². The van der Waals surface area contributed by atoms with Crippen molar-refractivity contribution in [1.29, 1.82) is 0 Å². The van der Waals surface area contributed by atoms with Crippen LogP contribution >= 0.6 is 0 Å². The predicted octanol–water partition coefficient (Wildman–Crippen LogP) is 17.9. The predicted molar refractivity (Wildman–Crippen MR) is 282 cm³/mol. The molecule has 13 aromatic rings. The zero-order valence-corrected chi connectivity index (χ0v) is 36.1. The van der Waals surface area contributed by atoms with Crippen molar-refractivity contribution >= 4 is 82.0 Å². The summed E-state index contributed by atoms with van der Waals surface area (Å²) in [6.45, 7) is 0. The Bertz CT molecular complexity index is 3880. The lowest BCUT2D eigenvalue weighted by Gasteiger charge is -2.26. The molecule has 0 spiro atoms. The zero-order valence-electron chi connectivity index (χ0n) is 36.1. The van der Waals surface area contributed by atoms with E-state index in [1.165, 1.54) is 98.3 Å². The van der Waals surface area contributed by atoms with E-state index in [9.17, 15) is 0 Å². The number of fused-ring (bicyclic) bond motifs is 10. The first kappa shape index (κ1) is 37.8. The smallest absolute Gasteiger partial charge is 0.0541 e. The van der Waals surface area contributed by atoms with E-state index in [1.807, 2.05) is 0 Å². The van der Waals surface area contributed by atoms with Crippen LogP contribution in [-0.4, -0.2) is 4.57 Å². The van der Waals surface area contributed by atoms with Gasteiger partial charge in [-0.25, -0.2) is 0 Å². The summed E-state index contributed by atoms with van der Waals surface area (Å²) in [6.07, 6.45) is 0. The van der Waals surface area contributed by atoms with Crippen LogP contribution in [-0.2, 0) is 0 Å². The summed E-state index contributed by atoms with van der Waals surface area (Å²) >= 11 is 0. The number of anilines is 3. The second-order valence-electron chi connectivity index (χ2n) is 17.3. The molecule has 0 aliphatic heterocycles. The van der Waals surface area contributed by atoms with Crippen LogP contribution in [0.2, 0.25) is 0 Å². The molecule has 2 heteroatoms. The third-order valence-electron chi connectivity index (χ3n) is 13.6. The zero-order chi connectivity index (χ0) is 43.6. The van der Waals surface area contributed by atoms with Gasteiger partial charge in [0.05, 0.1) is 11.0 Å². The molecule has 0 atom stereocenters. The highest BCUT2D eigenvalue weighted by molar-refractivity contribution is 6.25. The van der Waals surface area contributed by atoms with Crippen LogP contribution in [0.3, 0.4) is 0 Å². The van der Waals surface area contributed by atoms with E-state index >= 15 is 0 Å². The number of para-hydroxylation sites is 2.